The zero-order valence-corrected chi connectivity index (χ0v) is 9.54. The molecule has 0 saturated carbocycles. The van der Waals surface area contributed by atoms with E-state index in [4.69, 9.17) is 0 Å². The van der Waals surface area contributed by atoms with Crippen molar-refractivity contribution in [1.82, 2.24) is 0 Å². The van der Waals surface area contributed by atoms with Crippen LogP contribution in [0.25, 0.3) is 0 Å². The van der Waals surface area contributed by atoms with Gasteiger partial charge in [-0.1, -0.05) is 27.7 Å². The number of aliphatic hydroxyl groups is 2. The number of aliphatic hydroxyl groups excluding tert-OH is 1. The lowest BCUT2D eigenvalue weighted by Gasteiger charge is -2.35. The van der Waals surface area contributed by atoms with Crippen LogP contribution >= 0.6 is 0 Å². The Hall–Kier alpha value is -0.0800. The summed E-state index contributed by atoms with van der Waals surface area (Å²) >= 11 is 0. The summed E-state index contributed by atoms with van der Waals surface area (Å²) in [6.07, 6.45) is 0.991. The van der Waals surface area contributed by atoms with E-state index in [-0.39, 0.29) is 5.92 Å². The summed E-state index contributed by atoms with van der Waals surface area (Å²) in [4.78, 5) is 0. The number of rotatable bonds is 5. The minimum absolute atomic E-state index is 0.103. The van der Waals surface area contributed by atoms with Crippen LogP contribution in [-0.4, -0.2) is 21.9 Å². The molecule has 0 heterocycles. The van der Waals surface area contributed by atoms with Gasteiger partial charge in [0.1, 0.15) is 0 Å². The Kier molecular flexibility index (Phi) is 4.93. The molecular formula is C11H24O2. The molecule has 0 bridgehead atoms. The molecule has 0 radical (unpaired) electrons. The zero-order chi connectivity index (χ0) is 10.6. The SMILES string of the molecule is CC(C)CCC(O)(C(C)C)C(C)O. The first-order valence-corrected chi connectivity index (χ1v) is 5.21. The molecule has 80 valence electrons. The average Bonchev–Trinajstić information content (AvgIpc) is 1.99. The Balaban J connectivity index is 4.25. The number of hydrogen-bond acceptors (Lipinski definition) is 2. The van der Waals surface area contributed by atoms with Crippen LogP contribution in [0.15, 0.2) is 0 Å². The van der Waals surface area contributed by atoms with E-state index in [1.165, 1.54) is 0 Å². The average molecular weight is 188 g/mol. The van der Waals surface area contributed by atoms with Gasteiger partial charge in [-0.2, -0.15) is 0 Å². The largest absolute Gasteiger partial charge is 0.390 e. The molecule has 0 rings (SSSR count). The van der Waals surface area contributed by atoms with E-state index in [0.717, 1.165) is 6.42 Å². The summed E-state index contributed by atoms with van der Waals surface area (Å²) in [5.74, 6) is 0.676. The lowest BCUT2D eigenvalue weighted by Crippen LogP contribution is -2.45. The second-order valence-corrected chi connectivity index (χ2v) is 4.75. The third-order valence-corrected chi connectivity index (χ3v) is 2.85. The summed E-state index contributed by atoms with van der Waals surface area (Å²) in [6.45, 7) is 9.83. The predicted octanol–water partition coefficient (Wildman–Crippen LogP) is 2.19. The van der Waals surface area contributed by atoms with Crippen molar-refractivity contribution in [3.05, 3.63) is 0 Å². The third-order valence-electron chi connectivity index (χ3n) is 2.85. The van der Waals surface area contributed by atoms with Gasteiger partial charge in [0, 0.05) is 0 Å². The van der Waals surface area contributed by atoms with E-state index in [2.05, 4.69) is 13.8 Å². The lowest BCUT2D eigenvalue weighted by molar-refractivity contribution is -0.105. The van der Waals surface area contributed by atoms with E-state index in [9.17, 15) is 10.2 Å². The fourth-order valence-electron chi connectivity index (χ4n) is 1.50. The standard InChI is InChI=1S/C11H24O2/c1-8(2)6-7-11(13,9(3)4)10(5)12/h8-10,12-13H,6-7H2,1-5H3. The lowest BCUT2D eigenvalue weighted by atomic mass is 9.80. The zero-order valence-electron chi connectivity index (χ0n) is 9.54. The van der Waals surface area contributed by atoms with Gasteiger partial charge < -0.3 is 10.2 Å². The van der Waals surface area contributed by atoms with Gasteiger partial charge in [-0.15, -0.1) is 0 Å². The molecular weight excluding hydrogens is 164 g/mol. The van der Waals surface area contributed by atoms with Gasteiger partial charge >= 0.3 is 0 Å². The Morgan fingerprint density at radius 1 is 1.08 bits per heavy atom. The molecule has 0 aromatic heterocycles. The first kappa shape index (κ1) is 12.9. The normalized spacial score (nSPS) is 19.2. The van der Waals surface area contributed by atoms with E-state index in [0.29, 0.717) is 12.3 Å². The first-order valence-electron chi connectivity index (χ1n) is 5.21. The van der Waals surface area contributed by atoms with Crippen molar-refractivity contribution in [2.45, 2.75) is 59.2 Å². The molecule has 0 aliphatic heterocycles. The molecule has 0 spiro atoms. The van der Waals surface area contributed by atoms with Gasteiger partial charge in [0.15, 0.2) is 0 Å². The molecule has 2 unspecified atom stereocenters. The molecule has 0 aromatic rings. The van der Waals surface area contributed by atoms with Crippen molar-refractivity contribution in [2.24, 2.45) is 11.8 Å². The van der Waals surface area contributed by atoms with Crippen molar-refractivity contribution >= 4 is 0 Å². The molecule has 0 aliphatic rings. The Bertz CT molecular complexity index is 131. The quantitative estimate of drug-likeness (QED) is 0.694. The van der Waals surface area contributed by atoms with Gasteiger partial charge in [0.05, 0.1) is 11.7 Å². The van der Waals surface area contributed by atoms with E-state index in [1.54, 1.807) is 6.92 Å². The van der Waals surface area contributed by atoms with Crippen LogP contribution in [-0.2, 0) is 0 Å². The monoisotopic (exact) mass is 188 g/mol. The Morgan fingerprint density at radius 2 is 1.54 bits per heavy atom. The predicted molar refractivity (Wildman–Crippen MR) is 55.5 cm³/mol. The minimum atomic E-state index is -0.912. The highest BCUT2D eigenvalue weighted by molar-refractivity contribution is 4.87. The summed E-state index contributed by atoms with van der Waals surface area (Å²) < 4.78 is 0. The number of hydrogen-bond donors (Lipinski definition) is 2. The highest BCUT2D eigenvalue weighted by Crippen LogP contribution is 2.28. The summed E-state index contributed by atoms with van der Waals surface area (Å²) in [7, 11) is 0. The Labute approximate surface area is 82.0 Å². The van der Waals surface area contributed by atoms with Crippen LogP contribution in [0.1, 0.15) is 47.5 Å². The molecule has 0 aromatic carbocycles. The van der Waals surface area contributed by atoms with Crippen molar-refractivity contribution in [3.8, 4) is 0 Å². The smallest absolute Gasteiger partial charge is 0.0925 e. The van der Waals surface area contributed by atoms with Crippen molar-refractivity contribution in [1.29, 1.82) is 0 Å². The minimum Gasteiger partial charge on any atom is -0.390 e. The highest BCUT2D eigenvalue weighted by Gasteiger charge is 2.35. The maximum absolute atomic E-state index is 10.2. The molecule has 2 nitrogen and oxygen atoms in total. The van der Waals surface area contributed by atoms with Crippen molar-refractivity contribution < 1.29 is 10.2 Å². The molecule has 2 atom stereocenters. The van der Waals surface area contributed by atoms with Gasteiger partial charge in [-0.25, -0.2) is 0 Å². The van der Waals surface area contributed by atoms with Crippen LogP contribution < -0.4 is 0 Å². The van der Waals surface area contributed by atoms with E-state index >= 15 is 0 Å². The molecule has 0 amide bonds. The van der Waals surface area contributed by atoms with Crippen LogP contribution in [0.3, 0.4) is 0 Å². The van der Waals surface area contributed by atoms with E-state index < -0.39 is 11.7 Å². The molecule has 13 heavy (non-hydrogen) atoms. The summed E-state index contributed by atoms with van der Waals surface area (Å²) in [6, 6.07) is 0. The van der Waals surface area contributed by atoms with Gasteiger partial charge in [-0.05, 0) is 31.6 Å². The highest BCUT2D eigenvalue weighted by atomic mass is 16.3. The second-order valence-electron chi connectivity index (χ2n) is 4.75. The van der Waals surface area contributed by atoms with Gasteiger partial charge in [0.2, 0.25) is 0 Å². The van der Waals surface area contributed by atoms with Crippen LogP contribution in [0.2, 0.25) is 0 Å². The van der Waals surface area contributed by atoms with Gasteiger partial charge in [0.25, 0.3) is 0 Å². The molecule has 0 fully saturated rings. The fourth-order valence-corrected chi connectivity index (χ4v) is 1.50. The van der Waals surface area contributed by atoms with Crippen LogP contribution in [0, 0.1) is 11.8 Å². The molecule has 0 saturated heterocycles. The topological polar surface area (TPSA) is 40.5 Å². The fraction of sp³-hybridized carbons (Fsp3) is 1.00. The molecule has 2 N–H and O–H groups in total. The van der Waals surface area contributed by atoms with Crippen LogP contribution in [0.4, 0.5) is 0 Å². The second kappa shape index (κ2) is 4.97. The first-order chi connectivity index (χ1) is 5.80. The molecule has 0 aliphatic carbocycles. The third kappa shape index (κ3) is 3.65. The van der Waals surface area contributed by atoms with Gasteiger partial charge in [-0.3, -0.25) is 0 Å². The Morgan fingerprint density at radius 3 is 1.77 bits per heavy atom. The van der Waals surface area contributed by atoms with Crippen LogP contribution in [0.5, 0.6) is 0 Å². The summed E-state index contributed by atoms with van der Waals surface area (Å²) in [5, 5.41) is 19.7. The van der Waals surface area contributed by atoms with E-state index in [1.807, 2.05) is 13.8 Å². The molecule has 2 heteroatoms. The van der Waals surface area contributed by atoms with Crippen molar-refractivity contribution in [3.63, 3.8) is 0 Å². The summed E-state index contributed by atoms with van der Waals surface area (Å²) in [5.41, 5.74) is -0.912. The maximum atomic E-state index is 10.2. The maximum Gasteiger partial charge on any atom is 0.0925 e. The van der Waals surface area contributed by atoms with Crippen molar-refractivity contribution in [2.75, 3.05) is 0 Å².